The number of benzene rings is 1. The van der Waals surface area contributed by atoms with Crippen LogP contribution < -0.4 is 10.2 Å². The van der Waals surface area contributed by atoms with Crippen molar-refractivity contribution < 1.29 is 19.4 Å². The van der Waals surface area contributed by atoms with Crippen LogP contribution in [0.5, 0.6) is 0 Å². The van der Waals surface area contributed by atoms with Gasteiger partial charge < -0.3 is 15.2 Å². The average molecular weight is 292 g/mol. The zero-order valence-electron chi connectivity index (χ0n) is 12.5. The summed E-state index contributed by atoms with van der Waals surface area (Å²) in [5, 5.41) is 11.8. The minimum absolute atomic E-state index is 0.193. The first-order valence-corrected chi connectivity index (χ1v) is 6.81. The normalized spacial score (nSPS) is 14.0. The van der Waals surface area contributed by atoms with E-state index >= 15 is 0 Å². The maximum absolute atomic E-state index is 12.2. The van der Waals surface area contributed by atoms with Gasteiger partial charge in [-0.05, 0) is 44.0 Å². The van der Waals surface area contributed by atoms with E-state index in [9.17, 15) is 9.59 Å². The molecule has 2 amide bonds. The standard InChI is InChI=1S/C15H20N2O4/c1-15(2,21-3)9-16-14(20)17-7-6-10-8-11(13(18)19)4-5-12(10)17/h4-5,8H,6-7,9H2,1-3H3,(H,16,20)(H,18,19). The number of rotatable bonds is 4. The summed E-state index contributed by atoms with van der Waals surface area (Å²) in [4.78, 5) is 24.8. The molecule has 0 fully saturated rings. The van der Waals surface area contributed by atoms with Crippen molar-refractivity contribution in [1.82, 2.24) is 5.32 Å². The van der Waals surface area contributed by atoms with Gasteiger partial charge in [0.05, 0.1) is 11.2 Å². The smallest absolute Gasteiger partial charge is 0.335 e. The molecular formula is C15H20N2O4. The molecule has 0 saturated carbocycles. The van der Waals surface area contributed by atoms with E-state index in [-0.39, 0.29) is 11.6 Å². The molecule has 0 unspecified atom stereocenters. The van der Waals surface area contributed by atoms with Crippen molar-refractivity contribution in [3.05, 3.63) is 29.3 Å². The second kappa shape index (κ2) is 5.73. The van der Waals surface area contributed by atoms with Crippen LogP contribution in [0.4, 0.5) is 10.5 Å². The van der Waals surface area contributed by atoms with Crippen LogP contribution in [0.15, 0.2) is 18.2 Å². The molecule has 2 rings (SSSR count). The van der Waals surface area contributed by atoms with Crippen LogP contribution in [0, 0.1) is 0 Å². The zero-order valence-corrected chi connectivity index (χ0v) is 12.5. The van der Waals surface area contributed by atoms with E-state index in [4.69, 9.17) is 9.84 Å². The molecule has 1 aromatic carbocycles. The van der Waals surface area contributed by atoms with Crippen LogP contribution in [0.1, 0.15) is 29.8 Å². The van der Waals surface area contributed by atoms with Crippen LogP contribution >= 0.6 is 0 Å². The first-order chi connectivity index (χ1) is 9.84. The minimum atomic E-state index is -0.956. The molecule has 21 heavy (non-hydrogen) atoms. The lowest BCUT2D eigenvalue weighted by Crippen LogP contribution is -2.45. The molecule has 1 aliphatic heterocycles. The van der Waals surface area contributed by atoms with Gasteiger partial charge in [0.2, 0.25) is 0 Å². The molecule has 6 nitrogen and oxygen atoms in total. The molecule has 0 aliphatic carbocycles. The lowest BCUT2D eigenvalue weighted by molar-refractivity contribution is 0.0256. The maximum atomic E-state index is 12.2. The highest BCUT2D eigenvalue weighted by molar-refractivity contribution is 5.96. The van der Waals surface area contributed by atoms with Gasteiger partial charge in [-0.1, -0.05) is 0 Å². The van der Waals surface area contributed by atoms with E-state index in [0.717, 1.165) is 11.3 Å². The summed E-state index contributed by atoms with van der Waals surface area (Å²) in [7, 11) is 1.60. The molecular weight excluding hydrogens is 272 g/mol. The third kappa shape index (κ3) is 3.33. The molecule has 2 N–H and O–H groups in total. The van der Waals surface area contributed by atoms with E-state index in [0.29, 0.717) is 19.5 Å². The first kappa shape index (κ1) is 15.3. The molecule has 0 spiro atoms. The van der Waals surface area contributed by atoms with Gasteiger partial charge in [0.25, 0.3) is 0 Å². The first-order valence-electron chi connectivity index (χ1n) is 6.81. The Labute approximate surface area is 123 Å². The lowest BCUT2D eigenvalue weighted by atomic mass is 10.1. The number of amides is 2. The fourth-order valence-electron chi connectivity index (χ4n) is 2.20. The Morgan fingerprint density at radius 3 is 2.76 bits per heavy atom. The minimum Gasteiger partial charge on any atom is -0.478 e. The number of urea groups is 1. The molecule has 0 bridgehead atoms. The third-order valence-corrected chi connectivity index (χ3v) is 3.69. The van der Waals surface area contributed by atoms with Crippen LogP contribution in [0.3, 0.4) is 0 Å². The molecule has 6 heteroatoms. The Balaban J connectivity index is 2.08. The number of ether oxygens (including phenoxy) is 1. The zero-order chi connectivity index (χ0) is 15.6. The summed E-state index contributed by atoms with van der Waals surface area (Å²) in [6.45, 7) is 4.74. The Kier molecular flexibility index (Phi) is 4.18. The average Bonchev–Trinajstić information content (AvgIpc) is 2.87. The van der Waals surface area contributed by atoms with Gasteiger partial charge in [0.15, 0.2) is 0 Å². The summed E-state index contributed by atoms with van der Waals surface area (Å²) in [6.07, 6.45) is 0.664. The van der Waals surface area contributed by atoms with E-state index in [2.05, 4.69) is 5.32 Å². The summed E-state index contributed by atoms with van der Waals surface area (Å²) >= 11 is 0. The van der Waals surface area contributed by atoms with Gasteiger partial charge in [-0.25, -0.2) is 9.59 Å². The Morgan fingerprint density at radius 2 is 2.14 bits per heavy atom. The van der Waals surface area contributed by atoms with Crippen LogP contribution in [-0.4, -0.2) is 42.9 Å². The van der Waals surface area contributed by atoms with Gasteiger partial charge in [0.1, 0.15) is 0 Å². The van der Waals surface area contributed by atoms with E-state index in [1.54, 1.807) is 24.1 Å². The molecule has 114 valence electrons. The molecule has 0 atom stereocenters. The predicted molar refractivity (Wildman–Crippen MR) is 78.9 cm³/mol. The lowest BCUT2D eigenvalue weighted by Gasteiger charge is -2.25. The largest absolute Gasteiger partial charge is 0.478 e. The van der Waals surface area contributed by atoms with E-state index in [1.165, 1.54) is 6.07 Å². The fourth-order valence-corrected chi connectivity index (χ4v) is 2.20. The number of nitrogens with one attached hydrogen (secondary N) is 1. The van der Waals surface area contributed by atoms with Crippen molar-refractivity contribution in [1.29, 1.82) is 0 Å². The summed E-state index contributed by atoms with van der Waals surface area (Å²) in [5.41, 5.74) is 1.48. The number of carboxylic acids is 1. The Morgan fingerprint density at radius 1 is 1.43 bits per heavy atom. The van der Waals surface area contributed by atoms with Gasteiger partial charge >= 0.3 is 12.0 Å². The number of nitrogens with zero attached hydrogens (tertiary/aromatic N) is 1. The molecule has 0 saturated heterocycles. The second-order valence-corrected chi connectivity index (χ2v) is 5.67. The number of carbonyl (C=O) groups is 2. The number of hydrogen-bond donors (Lipinski definition) is 2. The van der Waals surface area contributed by atoms with Crippen molar-refractivity contribution in [2.24, 2.45) is 0 Å². The number of aromatic carboxylic acids is 1. The number of carboxylic acid groups (broad SMARTS) is 1. The van der Waals surface area contributed by atoms with Crippen molar-refractivity contribution in [3.8, 4) is 0 Å². The van der Waals surface area contributed by atoms with E-state index < -0.39 is 11.6 Å². The number of carbonyl (C=O) groups excluding carboxylic acids is 1. The summed E-state index contributed by atoms with van der Waals surface area (Å²) in [5.74, 6) is -0.956. The van der Waals surface area contributed by atoms with E-state index in [1.807, 2.05) is 13.8 Å². The van der Waals surface area contributed by atoms with Crippen LogP contribution in [0.25, 0.3) is 0 Å². The highest BCUT2D eigenvalue weighted by Gasteiger charge is 2.27. The number of hydrogen-bond acceptors (Lipinski definition) is 3. The number of methoxy groups -OCH3 is 1. The van der Waals surface area contributed by atoms with Crippen molar-refractivity contribution in [2.75, 3.05) is 25.1 Å². The van der Waals surface area contributed by atoms with Crippen LogP contribution in [-0.2, 0) is 11.2 Å². The fraction of sp³-hybridized carbons (Fsp3) is 0.467. The van der Waals surface area contributed by atoms with Gasteiger partial charge in [-0.3, -0.25) is 4.90 Å². The SMILES string of the molecule is COC(C)(C)CNC(=O)N1CCc2cc(C(=O)O)ccc21. The van der Waals surface area contributed by atoms with Crippen molar-refractivity contribution >= 4 is 17.7 Å². The highest BCUT2D eigenvalue weighted by Crippen LogP contribution is 2.29. The molecule has 0 radical (unpaired) electrons. The molecule has 1 heterocycles. The van der Waals surface area contributed by atoms with Crippen molar-refractivity contribution in [2.45, 2.75) is 25.9 Å². The topological polar surface area (TPSA) is 78.9 Å². The maximum Gasteiger partial charge on any atom is 0.335 e. The quantitative estimate of drug-likeness (QED) is 0.888. The highest BCUT2D eigenvalue weighted by atomic mass is 16.5. The molecule has 1 aromatic rings. The van der Waals surface area contributed by atoms with Crippen molar-refractivity contribution in [3.63, 3.8) is 0 Å². The molecule has 1 aliphatic rings. The van der Waals surface area contributed by atoms with Gasteiger partial charge in [0, 0.05) is 25.9 Å². The Bertz CT molecular complexity index is 569. The predicted octanol–water partition coefficient (Wildman–Crippen LogP) is 1.88. The number of fused-ring (bicyclic) bond motifs is 1. The van der Waals surface area contributed by atoms with Crippen LogP contribution in [0.2, 0.25) is 0 Å². The van der Waals surface area contributed by atoms with Gasteiger partial charge in [-0.15, -0.1) is 0 Å². The summed E-state index contributed by atoms with van der Waals surface area (Å²) < 4.78 is 5.26. The van der Waals surface area contributed by atoms with Gasteiger partial charge in [-0.2, -0.15) is 0 Å². The Hall–Kier alpha value is -2.08. The second-order valence-electron chi connectivity index (χ2n) is 5.67. The molecule has 0 aromatic heterocycles. The summed E-state index contributed by atoms with van der Waals surface area (Å²) in [6, 6.07) is 4.64. The third-order valence-electron chi connectivity index (χ3n) is 3.69. The monoisotopic (exact) mass is 292 g/mol. The number of anilines is 1.